The SMILES string of the molecule is Cc1n[nH]c(C)c1N1C(=O)c2cc([N+](=O)[O-])cc3cc([N+](=O)[O-])cc(c23)C1=O. The summed E-state index contributed by atoms with van der Waals surface area (Å²) in [7, 11) is 0. The predicted molar refractivity (Wildman–Crippen MR) is 96.5 cm³/mol. The number of nitrogens with one attached hydrogen (secondary N) is 1. The number of anilines is 1. The lowest BCUT2D eigenvalue weighted by atomic mass is 9.92. The first-order valence-corrected chi connectivity index (χ1v) is 8.01. The molecule has 4 rings (SSSR count). The summed E-state index contributed by atoms with van der Waals surface area (Å²) < 4.78 is 0. The molecule has 140 valence electrons. The molecule has 2 amide bonds. The van der Waals surface area contributed by atoms with E-state index in [0.29, 0.717) is 11.4 Å². The van der Waals surface area contributed by atoms with Crippen molar-refractivity contribution in [3.05, 3.63) is 67.0 Å². The minimum atomic E-state index is -0.757. The number of amides is 2. The van der Waals surface area contributed by atoms with E-state index in [1.165, 1.54) is 0 Å². The lowest BCUT2D eigenvalue weighted by molar-refractivity contribution is -0.385. The van der Waals surface area contributed by atoms with Gasteiger partial charge in [-0.25, -0.2) is 4.90 Å². The highest BCUT2D eigenvalue weighted by Crippen LogP contribution is 2.38. The van der Waals surface area contributed by atoms with Crippen LogP contribution < -0.4 is 4.90 Å². The van der Waals surface area contributed by atoms with E-state index in [1.54, 1.807) is 13.8 Å². The zero-order chi connectivity index (χ0) is 20.3. The third-order valence-corrected chi connectivity index (χ3v) is 4.62. The van der Waals surface area contributed by atoms with E-state index in [1.807, 2.05) is 0 Å². The number of benzene rings is 2. The Bertz CT molecular complexity index is 1160. The number of aromatic amines is 1. The van der Waals surface area contributed by atoms with Gasteiger partial charge < -0.3 is 0 Å². The Labute approximate surface area is 155 Å². The summed E-state index contributed by atoms with van der Waals surface area (Å²) in [5, 5.41) is 29.5. The Kier molecular flexibility index (Phi) is 3.50. The van der Waals surface area contributed by atoms with Crippen LogP contribution in [0.4, 0.5) is 17.1 Å². The third kappa shape index (κ3) is 2.26. The molecule has 2 heterocycles. The summed E-state index contributed by atoms with van der Waals surface area (Å²) in [6.07, 6.45) is 0. The number of rotatable bonds is 3. The Morgan fingerprint density at radius 2 is 1.43 bits per heavy atom. The van der Waals surface area contributed by atoms with Crippen LogP contribution in [0.25, 0.3) is 10.8 Å². The average molecular weight is 381 g/mol. The summed E-state index contributed by atoms with van der Waals surface area (Å²) in [4.78, 5) is 48.3. The topological polar surface area (TPSA) is 152 Å². The Hall–Kier alpha value is -4.15. The second kappa shape index (κ2) is 5.67. The summed E-state index contributed by atoms with van der Waals surface area (Å²) in [6, 6.07) is 4.37. The number of non-ortho nitro benzene ring substituents is 2. The smallest absolute Gasteiger partial charge is 0.270 e. The van der Waals surface area contributed by atoms with Gasteiger partial charge in [-0.2, -0.15) is 5.10 Å². The first kappa shape index (κ1) is 17.3. The molecule has 0 aliphatic carbocycles. The van der Waals surface area contributed by atoms with E-state index in [0.717, 1.165) is 29.2 Å². The van der Waals surface area contributed by atoms with E-state index in [2.05, 4.69) is 10.2 Å². The van der Waals surface area contributed by atoms with Gasteiger partial charge in [0.15, 0.2) is 0 Å². The molecule has 0 fully saturated rings. The highest BCUT2D eigenvalue weighted by atomic mass is 16.6. The lowest BCUT2D eigenvalue weighted by Crippen LogP contribution is -2.41. The van der Waals surface area contributed by atoms with Gasteiger partial charge in [0.1, 0.15) is 0 Å². The van der Waals surface area contributed by atoms with Crippen molar-refractivity contribution in [2.75, 3.05) is 4.90 Å². The second-order valence-electron chi connectivity index (χ2n) is 6.33. The Morgan fingerprint density at radius 3 is 1.82 bits per heavy atom. The molecule has 0 saturated heterocycles. The van der Waals surface area contributed by atoms with Gasteiger partial charge in [0.25, 0.3) is 23.2 Å². The van der Waals surface area contributed by atoms with Crippen LogP contribution in [0.1, 0.15) is 32.1 Å². The van der Waals surface area contributed by atoms with E-state index >= 15 is 0 Å². The molecule has 1 aliphatic heterocycles. The standard InChI is InChI=1S/C17H11N5O6/c1-7-15(8(2)19-18-7)20-16(23)12-5-10(21(25)26)3-9-4-11(22(27)28)6-13(14(9)12)17(20)24/h3-6H,1-2H3,(H,18,19). The molecule has 1 N–H and O–H groups in total. The van der Waals surface area contributed by atoms with Crippen LogP contribution in [-0.2, 0) is 0 Å². The van der Waals surface area contributed by atoms with Crippen LogP contribution >= 0.6 is 0 Å². The molecule has 2 aromatic carbocycles. The van der Waals surface area contributed by atoms with Gasteiger partial charge in [-0.3, -0.25) is 34.9 Å². The average Bonchev–Trinajstić information content (AvgIpc) is 2.97. The van der Waals surface area contributed by atoms with Crippen molar-refractivity contribution < 1.29 is 19.4 Å². The van der Waals surface area contributed by atoms with Crippen LogP contribution in [-0.4, -0.2) is 31.9 Å². The van der Waals surface area contributed by atoms with E-state index in [4.69, 9.17) is 0 Å². The van der Waals surface area contributed by atoms with Crippen LogP contribution in [0.2, 0.25) is 0 Å². The molecular formula is C17H11N5O6. The fraction of sp³-hybridized carbons (Fsp3) is 0.118. The number of nitro benzene ring substituents is 2. The molecule has 1 aliphatic rings. The molecule has 0 atom stereocenters. The highest BCUT2D eigenvalue weighted by molar-refractivity contribution is 6.36. The quantitative estimate of drug-likeness (QED) is 0.416. The van der Waals surface area contributed by atoms with Gasteiger partial charge in [-0.05, 0) is 19.2 Å². The molecule has 1 aromatic heterocycles. The number of aryl methyl sites for hydroxylation is 2. The van der Waals surface area contributed by atoms with Gasteiger partial charge in [0.2, 0.25) is 0 Å². The van der Waals surface area contributed by atoms with Crippen LogP contribution in [0.5, 0.6) is 0 Å². The van der Waals surface area contributed by atoms with Crippen molar-refractivity contribution in [2.24, 2.45) is 0 Å². The van der Waals surface area contributed by atoms with Gasteiger partial charge in [-0.15, -0.1) is 0 Å². The number of carbonyl (C=O) groups is 2. The first-order valence-electron chi connectivity index (χ1n) is 8.01. The molecule has 11 heteroatoms. The van der Waals surface area contributed by atoms with E-state index < -0.39 is 33.0 Å². The minimum absolute atomic E-state index is 0.0753. The number of hydrogen-bond donors (Lipinski definition) is 1. The molecule has 0 saturated carbocycles. The molecule has 0 unspecified atom stereocenters. The lowest BCUT2D eigenvalue weighted by Gasteiger charge is -2.27. The predicted octanol–water partition coefficient (Wildman–Crippen LogP) is 2.80. The van der Waals surface area contributed by atoms with Crippen molar-refractivity contribution in [1.29, 1.82) is 0 Å². The maximum Gasteiger partial charge on any atom is 0.270 e. The summed E-state index contributed by atoms with van der Waals surface area (Å²) >= 11 is 0. The third-order valence-electron chi connectivity index (χ3n) is 4.62. The number of hydrogen-bond acceptors (Lipinski definition) is 7. The summed E-state index contributed by atoms with van der Waals surface area (Å²) in [5.41, 5.74) is 0.0631. The van der Waals surface area contributed by atoms with Crippen molar-refractivity contribution in [3.63, 3.8) is 0 Å². The molecule has 3 aromatic rings. The second-order valence-corrected chi connectivity index (χ2v) is 6.33. The number of nitro groups is 2. The fourth-order valence-electron chi connectivity index (χ4n) is 3.44. The van der Waals surface area contributed by atoms with E-state index in [-0.39, 0.29) is 27.6 Å². The monoisotopic (exact) mass is 381 g/mol. The Balaban J connectivity index is 2.10. The normalized spacial score (nSPS) is 13.3. The van der Waals surface area contributed by atoms with Crippen LogP contribution in [0.3, 0.4) is 0 Å². The molecule has 0 radical (unpaired) electrons. The minimum Gasteiger partial charge on any atom is -0.280 e. The number of H-pyrrole nitrogens is 1. The highest BCUT2D eigenvalue weighted by Gasteiger charge is 2.38. The van der Waals surface area contributed by atoms with Gasteiger partial charge in [0, 0.05) is 29.7 Å². The van der Waals surface area contributed by atoms with Gasteiger partial charge in [0.05, 0.1) is 38.0 Å². The van der Waals surface area contributed by atoms with E-state index in [9.17, 15) is 29.8 Å². The van der Waals surface area contributed by atoms with Gasteiger partial charge >= 0.3 is 0 Å². The molecule has 0 bridgehead atoms. The van der Waals surface area contributed by atoms with Crippen molar-refractivity contribution in [3.8, 4) is 0 Å². The molecule has 0 spiro atoms. The van der Waals surface area contributed by atoms with Crippen LogP contribution in [0.15, 0.2) is 24.3 Å². The number of aromatic nitrogens is 2. The largest absolute Gasteiger partial charge is 0.280 e. The fourth-order valence-corrected chi connectivity index (χ4v) is 3.44. The van der Waals surface area contributed by atoms with Gasteiger partial charge in [-0.1, -0.05) is 0 Å². The maximum absolute atomic E-state index is 13.1. The molecule has 11 nitrogen and oxygen atoms in total. The number of carbonyl (C=O) groups excluding carboxylic acids is 2. The zero-order valence-electron chi connectivity index (χ0n) is 14.5. The summed E-state index contributed by atoms with van der Waals surface area (Å²) in [5.74, 6) is -1.51. The van der Waals surface area contributed by atoms with Crippen molar-refractivity contribution >= 4 is 39.6 Å². The number of imide groups is 1. The van der Waals surface area contributed by atoms with Crippen LogP contribution in [0, 0.1) is 34.1 Å². The van der Waals surface area contributed by atoms with Crippen molar-refractivity contribution in [2.45, 2.75) is 13.8 Å². The zero-order valence-corrected chi connectivity index (χ0v) is 14.5. The molecule has 28 heavy (non-hydrogen) atoms. The number of nitrogens with zero attached hydrogens (tertiary/aromatic N) is 4. The molecular weight excluding hydrogens is 370 g/mol. The summed E-state index contributed by atoms with van der Waals surface area (Å²) in [6.45, 7) is 3.20. The maximum atomic E-state index is 13.1. The Morgan fingerprint density at radius 1 is 0.929 bits per heavy atom. The van der Waals surface area contributed by atoms with Crippen molar-refractivity contribution in [1.82, 2.24) is 10.2 Å². The first-order chi connectivity index (χ1) is 13.2.